The van der Waals surface area contributed by atoms with Crippen LogP contribution in [-0.2, 0) is 14.4 Å². The monoisotopic (exact) mass is 189 g/mol. The largest absolute Gasteiger partial charge is 0.379 e. The molecule has 0 aromatic heterocycles. The van der Waals surface area contributed by atoms with Crippen molar-refractivity contribution < 1.29 is 19.5 Å². The summed E-state index contributed by atoms with van der Waals surface area (Å²) in [7, 11) is 0. The van der Waals surface area contributed by atoms with E-state index in [-0.39, 0.29) is 0 Å². The Balaban J connectivity index is 4.62. The van der Waals surface area contributed by atoms with E-state index in [9.17, 15) is 19.5 Å². The highest BCUT2D eigenvalue weighted by atomic mass is 16.3. The van der Waals surface area contributed by atoms with E-state index in [4.69, 9.17) is 17.2 Å². The van der Waals surface area contributed by atoms with Crippen molar-refractivity contribution in [2.24, 2.45) is 17.2 Å². The SMILES string of the molecule is NC(=O)CC(O)(CC(N)=O)C(N)=O. The molecule has 0 spiro atoms. The van der Waals surface area contributed by atoms with Gasteiger partial charge < -0.3 is 22.3 Å². The zero-order valence-electron chi connectivity index (χ0n) is 6.82. The Morgan fingerprint density at radius 3 is 1.46 bits per heavy atom. The molecule has 0 aliphatic rings. The predicted molar refractivity (Wildman–Crippen MR) is 41.8 cm³/mol. The number of primary amides is 3. The summed E-state index contributed by atoms with van der Waals surface area (Å²) in [6.45, 7) is 0. The van der Waals surface area contributed by atoms with Crippen LogP contribution in [0.3, 0.4) is 0 Å². The van der Waals surface area contributed by atoms with E-state index in [2.05, 4.69) is 0 Å². The van der Waals surface area contributed by atoms with Gasteiger partial charge in [-0.3, -0.25) is 14.4 Å². The van der Waals surface area contributed by atoms with Crippen LogP contribution in [0.4, 0.5) is 0 Å². The second kappa shape index (κ2) is 3.85. The smallest absolute Gasteiger partial charge is 0.250 e. The van der Waals surface area contributed by atoms with Gasteiger partial charge in [-0.1, -0.05) is 0 Å². The number of carbonyl (C=O) groups is 3. The molecule has 0 heterocycles. The fourth-order valence-electron chi connectivity index (χ4n) is 0.813. The first kappa shape index (κ1) is 11.4. The molecule has 0 aromatic rings. The molecule has 0 unspecified atom stereocenters. The highest BCUT2D eigenvalue weighted by molar-refractivity contribution is 5.93. The molecule has 0 aliphatic carbocycles. The van der Waals surface area contributed by atoms with Gasteiger partial charge in [0.1, 0.15) is 0 Å². The topological polar surface area (TPSA) is 150 Å². The first-order valence-corrected chi connectivity index (χ1v) is 3.37. The van der Waals surface area contributed by atoms with Crippen molar-refractivity contribution in [2.45, 2.75) is 18.4 Å². The standard InChI is InChI=1S/C6H11N3O4/c7-3(10)1-6(13,5(9)12)2-4(8)11/h13H,1-2H2,(H2,7,10)(H2,8,11)(H2,9,12). The summed E-state index contributed by atoms with van der Waals surface area (Å²) in [5, 5.41) is 9.35. The van der Waals surface area contributed by atoms with Crippen molar-refractivity contribution in [2.75, 3.05) is 0 Å². The number of rotatable bonds is 5. The predicted octanol–water partition coefficient (Wildman–Crippen LogP) is -3.05. The third-order valence-electron chi connectivity index (χ3n) is 1.39. The molecule has 7 N–H and O–H groups in total. The lowest BCUT2D eigenvalue weighted by Gasteiger charge is -2.20. The maximum atomic E-state index is 10.6. The summed E-state index contributed by atoms with van der Waals surface area (Å²) in [6.07, 6.45) is -1.43. The van der Waals surface area contributed by atoms with Crippen LogP contribution in [0.15, 0.2) is 0 Å². The Kier molecular flexibility index (Phi) is 3.37. The number of aliphatic hydroxyl groups is 1. The van der Waals surface area contributed by atoms with Gasteiger partial charge in [-0.05, 0) is 0 Å². The van der Waals surface area contributed by atoms with Gasteiger partial charge in [0.2, 0.25) is 17.7 Å². The lowest BCUT2D eigenvalue weighted by atomic mass is 9.94. The van der Waals surface area contributed by atoms with Gasteiger partial charge in [0.15, 0.2) is 5.60 Å². The van der Waals surface area contributed by atoms with E-state index in [0.29, 0.717) is 0 Å². The summed E-state index contributed by atoms with van der Waals surface area (Å²) in [6, 6.07) is 0. The molecule has 0 atom stereocenters. The van der Waals surface area contributed by atoms with Gasteiger partial charge in [0.05, 0.1) is 12.8 Å². The summed E-state index contributed by atoms with van der Waals surface area (Å²) < 4.78 is 0. The first-order chi connectivity index (χ1) is 5.78. The zero-order chi connectivity index (χ0) is 10.6. The average molecular weight is 189 g/mol. The Morgan fingerprint density at radius 1 is 1.00 bits per heavy atom. The number of carbonyl (C=O) groups excluding carboxylic acids is 3. The molecule has 7 nitrogen and oxygen atoms in total. The van der Waals surface area contributed by atoms with Gasteiger partial charge in [0.25, 0.3) is 0 Å². The van der Waals surface area contributed by atoms with Crippen molar-refractivity contribution in [3.63, 3.8) is 0 Å². The van der Waals surface area contributed by atoms with Crippen molar-refractivity contribution >= 4 is 17.7 Å². The highest BCUT2D eigenvalue weighted by Gasteiger charge is 2.37. The number of hydrogen-bond donors (Lipinski definition) is 4. The fourth-order valence-corrected chi connectivity index (χ4v) is 0.813. The molecule has 13 heavy (non-hydrogen) atoms. The quantitative estimate of drug-likeness (QED) is 0.363. The van der Waals surface area contributed by atoms with E-state index in [1.54, 1.807) is 0 Å². The Labute approximate surface area is 73.9 Å². The molecule has 0 bridgehead atoms. The number of nitrogens with two attached hydrogens (primary N) is 3. The molecule has 0 saturated carbocycles. The zero-order valence-corrected chi connectivity index (χ0v) is 6.82. The highest BCUT2D eigenvalue weighted by Crippen LogP contribution is 2.13. The van der Waals surface area contributed by atoms with E-state index in [1.807, 2.05) is 0 Å². The summed E-state index contributed by atoms with van der Waals surface area (Å²) in [5.41, 5.74) is 12.0. The number of amides is 3. The molecule has 7 heteroatoms. The summed E-state index contributed by atoms with van der Waals surface area (Å²) in [4.78, 5) is 31.5. The molecule has 74 valence electrons. The molecule has 0 saturated heterocycles. The molecule has 0 aromatic carbocycles. The van der Waals surface area contributed by atoms with Gasteiger partial charge in [-0.2, -0.15) is 0 Å². The van der Waals surface area contributed by atoms with E-state index >= 15 is 0 Å². The molecule has 3 amide bonds. The molecule has 0 rings (SSSR count). The van der Waals surface area contributed by atoms with Crippen LogP contribution in [-0.4, -0.2) is 28.4 Å². The van der Waals surface area contributed by atoms with Crippen LogP contribution in [0.5, 0.6) is 0 Å². The van der Waals surface area contributed by atoms with Crippen LogP contribution < -0.4 is 17.2 Å². The van der Waals surface area contributed by atoms with E-state index < -0.39 is 36.2 Å². The first-order valence-electron chi connectivity index (χ1n) is 3.37. The second-order valence-electron chi connectivity index (χ2n) is 2.68. The van der Waals surface area contributed by atoms with Crippen molar-refractivity contribution in [1.82, 2.24) is 0 Å². The summed E-state index contributed by atoms with van der Waals surface area (Å²) in [5.74, 6) is -3.09. The van der Waals surface area contributed by atoms with E-state index in [0.717, 1.165) is 0 Å². The molecule has 0 aliphatic heterocycles. The molecular formula is C6H11N3O4. The average Bonchev–Trinajstić information content (AvgIpc) is 1.82. The van der Waals surface area contributed by atoms with E-state index in [1.165, 1.54) is 0 Å². The Bertz CT molecular complexity index is 234. The van der Waals surface area contributed by atoms with Crippen molar-refractivity contribution in [3.8, 4) is 0 Å². The van der Waals surface area contributed by atoms with Crippen LogP contribution >= 0.6 is 0 Å². The molecule has 0 radical (unpaired) electrons. The van der Waals surface area contributed by atoms with Gasteiger partial charge in [0, 0.05) is 0 Å². The Hall–Kier alpha value is -1.63. The van der Waals surface area contributed by atoms with Crippen LogP contribution in [0.1, 0.15) is 12.8 Å². The Morgan fingerprint density at radius 2 is 1.31 bits per heavy atom. The van der Waals surface area contributed by atoms with Crippen LogP contribution in [0.2, 0.25) is 0 Å². The minimum absolute atomic E-state index is 0.717. The fraction of sp³-hybridized carbons (Fsp3) is 0.500. The number of hydrogen-bond acceptors (Lipinski definition) is 4. The van der Waals surface area contributed by atoms with Crippen molar-refractivity contribution in [1.29, 1.82) is 0 Å². The third-order valence-corrected chi connectivity index (χ3v) is 1.39. The maximum Gasteiger partial charge on any atom is 0.250 e. The lowest BCUT2D eigenvalue weighted by Crippen LogP contribution is -2.49. The minimum Gasteiger partial charge on any atom is -0.379 e. The molecule has 0 fully saturated rings. The minimum atomic E-state index is -2.27. The normalized spacial score (nSPS) is 10.8. The van der Waals surface area contributed by atoms with Crippen molar-refractivity contribution in [3.05, 3.63) is 0 Å². The van der Waals surface area contributed by atoms with Gasteiger partial charge >= 0.3 is 0 Å². The van der Waals surface area contributed by atoms with Gasteiger partial charge in [-0.15, -0.1) is 0 Å². The second-order valence-corrected chi connectivity index (χ2v) is 2.68. The third kappa shape index (κ3) is 3.52. The summed E-state index contributed by atoms with van der Waals surface area (Å²) >= 11 is 0. The van der Waals surface area contributed by atoms with Crippen LogP contribution in [0.25, 0.3) is 0 Å². The van der Waals surface area contributed by atoms with Crippen LogP contribution in [0, 0.1) is 0 Å². The lowest BCUT2D eigenvalue weighted by molar-refractivity contribution is -0.145. The maximum absolute atomic E-state index is 10.6. The molecular weight excluding hydrogens is 178 g/mol. The van der Waals surface area contributed by atoms with Gasteiger partial charge in [-0.25, -0.2) is 0 Å².